The first-order valence-electron chi connectivity index (χ1n) is 5.85. The molecule has 19 heavy (non-hydrogen) atoms. The highest BCUT2D eigenvalue weighted by atomic mass is 16.5. The summed E-state index contributed by atoms with van der Waals surface area (Å²) in [5.74, 6) is -0.189. The van der Waals surface area contributed by atoms with Crippen LogP contribution in [0.15, 0.2) is 24.3 Å². The van der Waals surface area contributed by atoms with Gasteiger partial charge in [0.25, 0.3) is 11.8 Å². The van der Waals surface area contributed by atoms with Crippen LogP contribution in [0.2, 0.25) is 0 Å². The van der Waals surface area contributed by atoms with Gasteiger partial charge in [-0.2, -0.15) is 0 Å². The third-order valence-corrected chi connectivity index (χ3v) is 3.30. The van der Waals surface area contributed by atoms with E-state index in [1.807, 2.05) is 24.3 Å². The lowest BCUT2D eigenvalue weighted by Gasteiger charge is -2.15. The van der Waals surface area contributed by atoms with Crippen molar-refractivity contribution in [1.82, 2.24) is 5.32 Å². The molecule has 1 aliphatic heterocycles. The molecule has 0 aliphatic carbocycles. The SMILES string of the molecule is CNc1c2c(c3ccccc3c1OC)C(=O)NC2=O. The molecule has 0 aromatic heterocycles. The van der Waals surface area contributed by atoms with Gasteiger partial charge < -0.3 is 10.1 Å². The summed E-state index contributed by atoms with van der Waals surface area (Å²) in [4.78, 5) is 23.9. The van der Waals surface area contributed by atoms with E-state index in [1.165, 1.54) is 0 Å². The summed E-state index contributed by atoms with van der Waals surface area (Å²) in [7, 11) is 3.24. The Labute approximate surface area is 109 Å². The standard InChI is InChI=1S/C14H12N2O3/c1-15-11-10-9(13(17)16-14(10)18)7-5-3-4-6-8(7)12(11)19-2/h3-6,15H,1-2H3,(H,16,17,18). The first-order chi connectivity index (χ1) is 9.19. The quantitative estimate of drug-likeness (QED) is 0.804. The summed E-state index contributed by atoms with van der Waals surface area (Å²) in [6.07, 6.45) is 0. The molecular weight excluding hydrogens is 244 g/mol. The van der Waals surface area contributed by atoms with Crippen LogP contribution >= 0.6 is 0 Å². The zero-order valence-corrected chi connectivity index (χ0v) is 10.5. The molecule has 0 saturated carbocycles. The molecule has 1 heterocycles. The topological polar surface area (TPSA) is 67.4 Å². The zero-order valence-electron chi connectivity index (χ0n) is 10.5. The number of hydrogen-bond donors (Lipinski definition) is 2. The number of rotatable bonds is 2. The van der Waals surface area contributed by atoms with Crippen molar-refractivity contribution in [3.63, 3.8) is 0 Å². The lowest BCUT2D eigenvalue weighted by atomic mass is 9.97. The Kier molecular flexibility index (Phi) is 2.41. The van der Waals surface area contributed by atoms with E-state index in [-0.39, 0.29) is 5.91 Å². The molecule has 0 bridgehead atoms. The largest absolute Gasteiger partial charge is 0.494 e. The molecule has 0 spiro atoms. The van der Waals surface area contributed by atoms with Crippen LogP contribution < -0.4 is 15.4 Å². The molecule has 2 aromatic carbocycles. The van der Waals surface area contributed by atoms with Gasteiger partial charge in [-0.1, -0.05) is 24.3 Å². The number of benzene rings is 2. The summed E-state index contributed by atoms with van der Waals surface area (Å²) in [5, 5.41) is 6.80. The maximum Gasteiger partial charge on any atom is 0.261 e. The molecule has 0 radical (unpaired) electrons. The minimum atomic E-state index is -0.395. The molecule has 0 saturated heterocycles. The predicted molar refractivity (Wildman–Crippen MR) is 71.8 cm³/mol. The number of carbonyl (C=O) groups excluding carboxylic acids is 2. The number of hydrogen-bond acceptors (Lipinski definition) is 4. The van der Waals surface area contributed by atoms with Crippen LogP contribution in [-0.2, 0) is 0 Å². The molecule has 5 nitrogen and oxygen atoms in total. The number of imide groups is 1. The Hall–Kier alpha value is -2.56. The van der Waals surface area contributed by atoms with Crippen molar-refractivity contribution in [1.29, 1.82) is 0 Å². The van der Waals surface area contributed by atoms with Crippen LogP contribution in [0.25, 0.3) is 10.8 Å². The Morgan fingerprint density at radius 1 is 1.05 bits per heavy atom. The molecular formula is C14H12N2O3. The summed E-state index contributed by atoms with van der Waals surface area (Å²) < 4.78 is 5.40. The summed E-state index contributed by atoms with van der Waals surface area (Å²) in [6.45, 7) is 0. The van der Waals surface area contributed by atoms with Gasteiger partial charge in [0.1, 0.15) is 0 Å². The fraction of sp³-hybridized carbons (Fsp3) is 0.143. The minimum Gasteiger partial charge on any atom is -0.494 e. The van der Waals surface area contributed by atoms with E-state index < -0.39 is 5.91 Å². The van der Waals surface area contributed by atoms with E-state index in [2.05, 4.69) is 10.6 Å². The van der Waals surface area contributed by atoms with E-state index >= 15 is 0 Å². The van der Waals surface area contributed by atoms with Crippen LogP contribution in [0, 0.1) is 0 Å². The lowest BCUT2D eigenvalue weighted by molar-refractivity contribution is 0.0880. The first kappa shape index (κ1) is 11.5. The van der Waals surface area contributed by atoms with Crippen LogP contribution in [0.4, 0.5) is 5.69 Å². The highest BCUT2D eigenvalue weighted by molar-refractivity contribution is 6.30. The molecule has 5 heteroatoms. The van der Waals surface area contributed by atoms with Crippen LogP contribution in [0.1, 0.15) is 20.7 Å². The molecule has 2 aromatic rings. The third-order valence-electron chi connectivity index (χ3n) is 3.30. The molecule has 3 rings (SSSR count). The molecule has 2 N–H and O–H groups in total. The molecule has 0 atom stereocenters. The Morgan fingerprint density at radius 2 is 1.68 bits per heavy atom. The highest BCUT2D eigenvalue weighted by Gasteiger charge is 2.34. The minimum absolute atomic E-state index is 0.350. The van der Waals surface area contributed by atoms with Crippen molar-refractivity contribution in [3.05, 3.63) is 35.4 Å². The van der Waals surface area contributed by atoms with Gasteiger partial charge in [-0.25, -0.2) is 0 Å². The van der Waals surface area contributed by atoms with E-state index in [9.17, 15) is 9.59 Å². The van der Waals surface area contributed by atoms with Gasteiger partial charge in [0.05, 0.1) is 23.9 Å². The normalized spacial score (nSPS) is 13.4. The maximum atomic E-state index is 12.0. The summed E-state index contributed by atoms with van der Waals surface area (Å²) in [5.41, 5.74) is 1.30. The average molecular weight is 256 g/mol. The second-order valence-electron chi connectivity index (χ2n) is 4.24. The van der Waals surface area contributed by atoms with E-state index in [1.54, 1.807) is 14.2 Å². The van der Waals surface area contributed by atoms with Crippen molar-refractivity contribution in [2.24, 2.45) is 0 Å². The van der Waals surface area contributed by atoms with Crippen molar-refractivity contribution < 1.29 is 14.3 Å². The third kappa shape index (κ3) is 1.41. The number of amides is 2. The van der Waals surface area contributed by atoms with Crippen molar-refractivity contribution in [3.8, 4) is 5.75 Å². The molecule has 1 aliphatic rings. The van der Waals surface area contributed by atoms with E-state index in [4.69, 9.17) is 4.74 Å². The number of anilines is 1. The molecule has 0 fully saturated rings. The molecule has 0 unspecified atom stereocenters. The lowest BCUT2D eigenvalue weighted by Crippen LogP contribution is -2.20. The number of methoxy groups -OCH3 is 1. The van der Waals surface area contributed by atoms with E-state index in [0.717, 1.165) is 10.8 Å². The monoisotopic (exact) mass is 256 g/mol. The second-order valence-corrected chi connectivity index (χ2v) is 4.24. The number of fused-ring (bicyclic) bond motifs is 3. The van der Waals surface area contributed by atoms with Crippen molar-refractivity contribution in [2.45, 2.75) is 0 Å². The van der Waals surface area contributed by atoms with Crippen LogP contribution in [0.3, 0.4) is 0 Å². The van der Waals surface area contributed by atoms with Crippen LogP contribution in [-0.4, -0.2) is 26.0 Å². The zero-order chi connectivity index (χ0) is 13.6. The number of ether oxygens (including phenoxy) is 1. The summed E-state index contributed by atoms with van der Waals surface area (Å²) >= 11 is 0. The Morgan fingerprint density at radius 3 is 2.32 bits per heavy atom. The Bertz CT molecular complexity index is 722. The van der Waals surface area contributed by atoms with Gasteiger partial charge in [-0.3, -0.25) is 14.9 Å². The Balaban J connectivity index is 2.56. The maximum absolute atomic E-state index is 12.0. The van der Waals surface area contributed by atoms with Gasteiger partial charge >= 0.3 is 0 Å². The fourth-order valence-electron chi connectivity index (χ4n) is 2.55. The highest BCUT2D eigenvalue weighted by Crippen LogP contribution is 2.41. The number of carbonyl (C=O) groups is 2. The molecule has 2 amide bonds. The van der Waals surface area contributed by atoms with Gasteiger partial charge in [0, 0.05) is 12.4 Å². The number of nitrogens with one attached hydrogen (secondary N) is 2. The van der Waals surface area contributed by atoms with Gasteiger partial charge in [0.2, 0.25) is 0 Å². The second kappa shape index (κ2) is 3.98. The van der Waals surface area contributed by atoms with Crippen molar-refractivity contribution >= 4 is 28.3 Å². The molecule has 96 valence electrons. The predicted octanol–water partition coefficient (Wildman–Crippen LogP) is 1.77. The van der Waals surface area contributed by atoms with E-state index in [0.29, 0.717) is 22.6 Å². The smallest absolute Gasteiger partial charge is 0.261 e. The van der Waals surface area contributed by atoms with Crippen LogP contribution in [0.5, 0.6) is 5.75 Å². The van der Waals surface area contributed by atoms with Gasteiger partial charge in [-0.15, -0.1) is 0 Å². The average Bonchev–Trinajstić information content (AvgIpc) is 2.72. The summed E-state index contributed by atoms with van der Waals surface area (Å²) in [6, 6.07) is 7.38. The van der Waals surface area contributed by atoms with Crippen molar-refractivity contribution in [2.75, 3.05) is 19.5 Å². The van der Waals surface area contributed by atoms with Gasteiger partial charge in [0.15, 0.2) is 5.75 Å². The first-order valence-corrected chi connectivity index (χ1v) is 5.85. The van der Waals surface area contributed by atoms with Gasteiger partial charge in [-0.05, 0) is 5.39 Å². The fourth-order valence-corrected chi connectivity index (χ4v) is 2.55.